The molecule has 0 amide bonds. The molecule has 17 heavy (non-hydrogen) atoms. The number of esters is 1. The molecule has 1 aliphatic rings. The lowest BCUT2D eigenvalue weighted by Gasteiger charge is -2.15. The van der Waals surface area contributed by atoms with Crippen LogP contribution in [0.2, 0.25) is 0 Å². The predicted octanol–water partition coefficient (Wildman–Crippen LogP) is 1.09. The van der Waals surface area contributed by atoms with Crippen LogP contribution in [0.3, 0.4) is 0 Å². The lowest BCUT2D eigenvalue weighted by molar-refractivity contribution is -0.147. The minimum atomic E-state index is -0.879. The van der Waals surface area contributed by atoms with Gasteiger partial charge < -0.3 is 14.6 Å². The Morgan fingerprint density at radius 3 is 2.47 bits per heavy atom. The van der Waals surface area contributed by atoms with E-state index in [1.807, 2.05) is 0 Å². The molecule has 1 N–H and O–H groups in total. The highest BCUT2D eigenvalue weighted by Gasteiger charge is 2.29. The molecule has 0 radical (unpaired) electrons. The van der Waals surface area contributed by atoms with Gasteiger partial charge in [-0.3, -0.25) is 4.79 Å². The summed E-state index contributed by atoms with van der Waals surface area (Å²) in [6.07, 6.45) is 0. The van der Waals surface area contributed by atoms with E-state index in [4.69, 9.17) is 4.74 Å². The number of methoxy groups -OCH3 is 1. The summed E-state index contributed by atoms with van der Waals surface area (Å²) in [7, 11) is 1.52. The van der Waals surface area contributed by atoms with Crippen LogP contribution in [-0.4, -0.2) is 30.6 Å². The molecule has 1 aliphatic heterocycles. The highest BCUT2D eigenvalue weighted by atomic mass is 16.5. The zero-order valence-corrected chi connectivity index (χ0v) is 9.10. The van der Waals surface area contributed by atoms with Crippen LogP contribution in [0.15, 0.2) is 30.0 Å². The van der Waals surface area contributed by atoms with E-state index in [-0.39, 0.29) is 12.2 Å². The molecular weight excluding hydrogens is 224 g/mol. The summed E-state index contributed by atoms with van der Waals surface area (Å²) < 4.78 is 9.45. The highest BCUT2D eigenvalue weighted by molar-refractivity contribution is 6.28. The number of carbonyl (C=O) groups excluding carboxylic acids is 2. The Morgan fingerprint density at radius 1 is 1.24 bits per heavy atom. The van der Waals surface area contributed by atoms with Gasteiger partial charge in [-0.25, -0.2) is 4.79 Å². The second-order valence-electron chi connectivity index (χ2n) is 3.45. The van der Waals surface area contributed by atoms with E-state index in [1.54, 1.807) is 24.3 Å². The zero-order chi connectivity index (χ0) is 12.4. The van der Waals surface area contributed by atoms with E-state index < -0.39 is 17.5 Å². The molecule has 0 atom stereocenters. The number of ketones is 1. The van der Waals surface area contributed by atoms with E-state index in [2.05, 4.69) is 4.74 Å². The summed E-state index contributed by atoms with van der Waals surface area (Å²) in [4.78, 5) is 22.7. The molecular formula is C12H10O5. The molecule has 1 aromatic rings. The number of aliphatic hydroxyl groups is 1. The Balaban J connectivity index is 2.46. The van der Waals surface area contributed by atoms with E-state index in [0.717, 1.165) is 0 Å². The molecule has 0 aliphatic carbocycles. The van der Waals surface area contributed by atoms with E-state index in [1.165, 1.54) is 7.11 Å². The van der Waals surface area contributed by atoms with Crippen LogP contribution in [-0.2, 0) is 14.3 Å². The Hall–Kier alpha value is -2.30. The lowest BCUT2D eigenvalue weighted by Crippen LogP contribution is -2.25. The van der Waals surface area contributed by atoms with Gasteiger partial charge in [-0.05, 0) is 17.7 Å². The second kappa shape index (κ2) is 4.29. The van der Waals surface area contributed by atoms with Crippen molar-refractivity contribution in [3.63, 3.8) is 0 Å². The fraction of sp³-hybridized carbons (Fsp3) is 0.167. The third-order valence-electron chi connectivity index (χ3n) is 2.42. The van der Waals surface area contributed by atoms with Crippen molar-refractivity contribution < 1.29 is 24.2 Å². The summed E-state index contributed by atoms with van der Waals surface area (Å²) in [5, 5.41) is 9.54. The van der Waals surface area contributed by atoms with Crippen molar-refractivity contribution in [2.75, 3.05) is 13.7 Å². The summed E-state index contributed by atoms with van der Waals surface area (Å²) in [5.41, 5.74) is 0.453. The first-order chi connectivity index (χ1) is 8.13. The first kappa shape index (κ1) is 11.2. The molecule has 0 fully saturated rings. The largest absolute Gasteiger partial charge is 0.501 e. The van der Waals surface area contributed by atoms with Crippen LogP contribution in [0.25, 0.3) is 5.57 Å². The van der Waals surface area contributed by atoms with E-state index in [9.17, 15) is 14.7 Å². The first-order valence-electron chi connectivity index (χ1n) is 4.91. The van der Waals surface area contributed by atoms with Gasteiger partial charge >= 0.3 is 5.97 Å². The van der Waals surface area contributed by atoms with Crippen LogP contribution in [0.5, 0.6) is 5.75 Å². The number of hydrogen-bond acceptors (Lipinski definition) is 5. The van der Waals surface area contributed by atoms with Gasteiger partial charge in [0, 0.05) is 0 Å². The van der Waals surface area contributed by atoms with Crippen LogP contribution in [0, 0.1) is 0 Å². The van der Waals surface area contributed by atoms with Crippen molar-refractivity contribution in [2.24, 2.45) is 0 Å². The molecule has 2 rings (SSSR count). The molecule has 5 heteroatoms. The van der Waals surface area contributed by atoms with Crippen LogP contribution in [0.4, 0.5) is 0 Å². The zero-order valence-electron chi connectivity index (χ0n) is 9.10. The Labute approximate surface area is 97.3 Å². The average Bonchev–Trinajstić information content (AvgIpc) is 2.35. The quantitative estimate of drug-likeness (QED) is 0.775. The molecule has 5 nitrogen and oxygen atoms in total. The Bertz CT molecular complexity index is 498. The molecule has 1 heterocycles. The molecule has 0 saturated carbocycles. The number of cyclic esters (lactones) is 1. The topological polar surface area (TPSA) is 72.8 Å². The van der Waals surface area contributed by atoms with Gasteiger partial charge in [0.15, 0.2) is 6.61 Å². The molecule has 0 bridgehead atoms. The van der Waals surface area contributed by atoms with Gasteiger partial charge in [0.2, 0.25) is 11.5 Å². The van der Waals surface area contributed by atoms with Crippen molar-refractivity contribution in [1.82, 2.24) is 0 Å². The standard InChI is InChI=1S/C12H10O5/c1-16-8-4-2-7(3-5-8)10-9(13)6-17-12(15)11(10)14/h2-5,14H,6H2,1H3. The normalized spacial score (nSPS) is 15.8. The van der Waals surface area contributed by atoms with Gasteiger partial charge in [0.25, 0.3) is 0 Å². The maximum atomic E-state index is 11.6. The summed E-state index contributed by atoms with van der Waals surface area (Å²) in [6, 6.07) is 6.48. The van der Waals surface area contributed by atoms with Gasteiger partial charge in [0.1, 0.15) is 5.75 Å². The molecule has 0 saturated heterocycles. The third kappa shape index (κ3) is 1.99. The lowest BCUT2D eigenvalue weighted by atomic mass is 9.99. The van der Waals surface area contributed by atoms with Gasteiger partial charge in [-0.15, -0.1) is 0 Å². The van der Waals surface area contributed by atoms with Crippen molar-refractivity contribution >= 4 is 17.3 Å². The van der Waals surface area contributed by atoms with Gasteiger partial charge in [-0.2, -0.15) is 0 Å². The monoisotopic (exact) mass is 234 g/mol. The average molecular weight is 234 g/mol. The molecule has 0 spiro atoms. The molecule has 88 valence electrons. The van der Waals surface area contributed by atoms with Crippen LogP contribution in [0.1, 0.15) is 5.56 Å². The molecule has 0 aromatic heterocycles. The number of hydrogen-bond donors (Lipinski definition) is 1. The minimum absolute atomic E-state index is 0.0103. The summed E-state index contributed by atoms with van der Waals surface area (Å²) in [6.45, 7) is -0.343. The fourth-order valence-corrected chi connectivity index (χ4v) is 1.56. The van der Waals surface area contributed by atoms with Crippen molar-refractivity contribution in [1.29, 1.82) is 0 Å². The van der Waals surface area contributed by atoms with E-state index >= 15 is 0 Å². The third-order valence-corrected chi connectivity index (χ3v) is 2.42. The molecule has 0 unspecified atom stereocenters. The smallest absolute Gasteiger partial charge is 0.374 e. The number of Topliss-reactive ketones (excluding diaryl/α,β-unsaturated/α-hetero) is 1. The fourth-order valence-electron chi connectivity index (χ4n) is 1.56. The van der Waals surface area contributed by atoms with Crippen molar-refractivity contribution in [3.05, 3.63) is 35.6 Å². The maximum absolute atomic E-state index is 11.6. The minimum Gasteiger partial charge on any atom is -0.501 e. The number of aliphatic hydroxyl groups excluding tert-OH is 1. The first-order valence-corrected chi connectivity index (χ1v) is 4.91. The van der Waals surface area contributed by atoms with Crippen molar-refractivity contribution in [3.8, 4) is 5.75 Å². The number of carbonyl (C=O) groups is 2. The number of ether oxygens (including phenoxy) is 2. The number of benzene rings is 1. The van der Waals surface area contributed by atoms with E-state index in [0.29, 0.717) is 11.3 Å². The Morgan fingerprint density at radius 2 is 1.88 bits per heavy atom. The van der Waals surface area contributed by atoms with Gasteiger partial charge in [0.05, 0.1) is 12.7 Å². The maximum Gasteiger partial charge on any atom is 0.374 e. The Kier molecular flexibility index (Phi) is 2.82. The molecule has 1 aromatic carbocycles. The van der Waals surface area contributed by atoms with Crippen molar-refractivity contribution in [2.45, 2.75) is 0 Å². The highest BCUT2D eigenvalue weighted by Crippen LogP contribution is 2.24. The predicted molar refractivity (Wildman–Crippen MR) is 58.5 cm³/mol. The number of rotatable bonds is 2. The summed E-state index contributed by atoms with van der Waals surface area (Å²) >= 11 is 0. The SMILES string of the molecule is COc1ccc(C2=C(O)C(=O)OCC2=O)cc1. The van der Waals surface area contributed by atoms with Gasteiger partial charge in [-0.1, -0.05) is 12.1 Å². The summed E-state index contributed by atoms with van der Waals surface area (Å²) in [5.74, 6) is -1.33. The van der Waals surface area contributed by atoms with Crippen LogP contribution < -0.4 is 4.74 Å². The second-order valence-corrected chi connectivity index (χ2v) is 3.45. The van der Waals surface area contributed by atoms with Crippen LogP contribution >= 0.6 is 0 Å².